The quantitative estimate of drug-likeness (QED) is 0.858. The molecule has 0 bridgehead atoms. The summed E-state index contributed by atoms with van der Waals surface area (Å²) < 4.78 is 1.89. The van der Waals surface area contributed by atoms with E-state index in [4.69, 9.17) is 23.2 Å². The topological polar surface area (TPSA) is 29.3 Å². The molecule has 0 atom stereocenters. The van der Waals surface area contributed by atoms with Gasteiger partial charge in [-0.25, -0.2) is 4.98 Å². The van der Waals surface area contributed by atoms with Crippen molar-refractivity contribution in [3.05, 3.63) is 34.3 Å². The first-order chi connectivity index (χ1) is 6.74. The fourth-order valence-corrected chi connectivity index (χ4v) is 1.99. The van der Waals surface area contributed by atoms with Gasteiger partial charge in [-0.1, -0.05) is 23.2 Å². The minimum Gasteiger partial charge on any atom is -0.313 e. The Balaban J connectivity index is 2.71. The average Bonchev–Trinajstić information content (AvgIpc) is 2.46. The Morgan fingerprint density at radius 2 is 2.29 bits per heavy atom. The Labute approximate surface area is 91.7 Å². The molecule has 0 saturated carbocycles. The third-order valence-corrected chi connectivity index (χ3v) is 2.55. The van der Waals surface area contributed by atoms with Gasteiger partial charge in [0, 0.05) is 6.20 Å². The van der Waals surface area contributed by atoms with E-state index in [1.165, 1.54) is 0 Å². The number of halogens is 2. The molecule has 2 rings (SSSR count). The van der Waals surface area contributed by atoms with Crippen LogP contribution >= 0.6 is 23.2 Å². The van der Waals surface area contributed by atoms with Gasteiger partial charge < -0.3 is 5.32 Å². The molecule has 0 aliphatic rings. The van der Waals surface area contributed by atoms with Crippen LogP contribution in [-0.4, -0.2) is 16.4 Å². The summed E-state index contributed by atoms with van der Waals surface area (Å²) in [4.78, 5) is 4.22. The van der Waals surface area contributed by atoms with Crippen LogP contribution in [0.5, 0.6) is 0 Å². The van der Waals surface area contributed by atoms with E-state index in [0.717, 1.165) is 11.3 Å². The van der Waals surface area contributed by atoms with Crippen LogP contribution in [0.3, 0.4) is 0 Å². The van der Waals surface area contributed by atoms with Gasteiger partial charge in [0.2, 0.25) is 0 Å². The predicted octanol–water partition coefficient (Wildman–Crippen LogP) is 2.36. The van der Waals surface area contributed by atoms with Crippen molar-refractivity contribution in [2.45, 2.75) is 6.54 Å². The monoisotopic (exact) mass is 229 g/mol. The van der Waals surface area contributed by atoms with E-state index in [-0.39, 0.29) is 0 Å². The maximum Gasteiger partial charge on any atom is 0.156 e. The van der Waals surface area contributed by atoms with E-state index < -0.39 is 0 Å². The minimum atomic E-state index is 0.445. The zero-order valence-corrected chi connectivity index (χ0v) is 9.10. The molecule has 0 fully saturated rings. The number of nitrogens with zero attached hydrogens (tertiary/aromatic N) is 2. The molecule has 5 heteroatoms. The van der Waals surface area contributed by atoms with Crippen LogP contribution in [0.4, 0.5) is 0 Å². The van der Waals surface area contributed by atoms with Crippen LogP contribution < -0.4 is 5.32 Å². The largest absolute Gasteiger partial charge is 0.313 e. The van der Waals surface area contributed by atoms with Gasteiger partial charge in [-0.15, -0.1) is 0 Å². The summed E-state index contributed by atoms with van der Waals surface area (Å²) >= 11 is 12.0. The summed E-state index contributed by atoms with van der Waals surface area (Å²) in [7, 11) is 1.86. The second kappa shape index (κ2) is 3.77. The lowest BCUT2D eigenvalue weighted by Crippen LogP contribution is -2.08. The lowest BCUT2D eigenvalue weighted by atomic mass is 10.4. The summed E-state index contributed by atoms with van der Waals surface area (Å²) in [5, 5.41) is 4.09. The molecule has 0 radical (unpaired) electrons. The SMILES string of the molecule is CNCc1nc(Cl)c2c(Cl)cccn12. The van der Waals surface area contributed by atoms with E-state index in [1.54, 1.807) is 6.07 Å². The van der Waals surface area contributed by atoms with Gasteiger partial charge in [-0.05, 0) is 19.2 Å². The van der Waals surface area contributed by atoms with Gasteiger partial charge >= 0.3 is 0 Å². The summed E-state index contributed by atoms with van der Waals surface area (Å²) in [5.41, 5.74) is 0.765. The van der Waals surface area contributed by atoms with Crippen LogP contribution in [0.15, 0.2) is 18.3 Å². The molecule has 0 saturated heterocycles. The fraction of sp³-hybridized carbons (Fsp3) is 0.222. The van der Waals surface area contributed by atoms with E-state index >= 15 is 0 Å². The van der Waals surface area contributed by atoms with Gasteiger partial charge in [0.25, 0.3) is 0 Å². The number of nitrogens with one attached hydrogen (secondary N) is 1. The lowest BCUT2D eigenvalue weighted by molar-refractivity contribution is 0.755. The molecule has 14 heavy (non-hydrogen) atoms. The van der Waals surface area contributed by atoms with Crippen LogP contribution in [0, 0.1) is 0 Å². The Morgan fingerprint density at radius 3 is 3.00 bits per heavy atom. The molecule has 0 unspecified atom stereocenters. The minimum absolute atomic E-state index is 0.445. The van der Waals surface area contributed by atoms with Gasteiger partial charge in [0.15, 0.2) is 5.15 Å². The molecule has 74 valence electrons. The van der Waals surface area contributed by atoms with Crippen LogP contribution in [0.1, 0.15) is 5.82 Å². The van der Waals surface area contributed by atoms with Crippen LogP contribution in [-0.2, 0) is 6.54 Å². The van der Waals surface area contributed by atoms with Crippen LogP contribution in [0.25, 0.3) is 5.52 Å². The molecule has 0 aliphatic carbocycles. The Morgan fingerprint density at radius 1 is 1.50 bits per heavy atom. The van der Waals surface area contributed by atoms with E-state index in [2.05, 4.69) is 10.3 Å². The maximum atomic E-state index is 6.01. The number of aromatic nitrogens is 2. The van der Waals surface area contributed by atoms with E-state index in [0.29, 0.717) is 16.7 Å². The Bertz CT molecular complexity index is 464. The highest BCUT2D eigenvalue weighted by atomic mass is 35.5. The third kappa shape index (κ3) is 1.47. The second-order valence-electron chi connectivity index (χ2n) is 2.92. The first-order valence-corrected chi connectivity index (χ1v) is 4.95. The Hall–Kier alpha value is -0.770. The van der Waals surface area contributed by atoms with Crippen molar-refractivity contribution in [2.24, 2.45) is 0 Å². The van der Waals surface area contributed by atoms with Gasteiger partial charge in [0.05, 0.1) is 11.6 Å². The van der Waals surface area contributed by atoms with Crippen LogP contribution in [0.2, 0.25) is 10.2 Å². The molecule has 0 aromatic carbocycles. The van der Waals surface area contributed by atoms with Crippen molar-refractivity contribution in [3.8, 4) is 0 Å². The molecular formula is C9H9Cl2N3. The molecule has 0 aliphatic heterocycles. The first kappa shape index (κ1) is 9.77. The average molecular weight is 230 g/mol. The molecule has 2 heterocycles. The third-order valence-electron chi connectivity index (χ3n) is 1.98. The predicted molar refractivity (Wildman–Crippen MR) is 58.0 cm³/mol. The number of imidazole rings is 1. The molecule has 2 aromatic rings. The van der Waals surface area contributed by atoms with Gasteiger partial charge in [0.1, 0.15) is 11.3 Å². The zero-order valence-electron chi connectivity index (χ0n) is 7.59. The molecule has 0 spiro atoms. The molecule has 1 N–H and O–H groups in total. The smallest absolute Gasteiger partial charge is 0.156 e. The molecule has 0 amide bonds. The maximum absolute atomic E-state index is 6.01. The highest BCUT2D eigenvalue weighted by Crippen LogP contribution is 2.25. The normalized spacial score (nSPS) is 11.1. The first-order valence-electron chi connectivity index (χ1n) is 4.19. The highest BCUT2D eigenvalue weighted by molar-refractivity contribution is 6.39. The van der Waals surface area contributed by atoms with Crippen molar-refractivity contribution < 1.29 is 0 Å². The number of hydrogen-bond donors (Lipinski definition) is 1. The lowest BCUT2D eigenvalue weighted by Gasteiger charge is -2.00. The summed E-state index contributed by atoms with van der Waals surface area (Å²) in [6, 6.07) is 3.67. The van der Waals surface area contributed by atoms with Crippen molar-refractivity contribution in [3.63, 3.8) is 0 Å². The Kier molecular flexibility index (Phi) is 2.63. The fourth-order valence-electron chi connectivity index (χ4n) is 1.40. The van der Waals surface area contributed by atoms with Gasteiger partial charge in [-0.3, -0.25) is 4.40 Å². The summed E-state index contributed by atoms with van der Waals surface area (Å²) in [6.07, 6.45) is 1.90. The van der Waals surface area contributed by atoms with Crippen molar-refractivity contribution in [1.29, 1.82) is 0 Å². The highest BCUT2D eigenvalue weighted by Gasteiger charge is 2.10. The number of hydrogen-bond acceptors (Lipinski definition) is 2. The molecular weight excluding hydrogens is 221 g/mol. The van der Waals surface area contributed by atoms with E-state index in [9.17, 15) is 0 Å². The number of rotatable bonds is 2. The number of pyridine rings is 1. The zero-order chi connectivity index (χ0) is 10.1. The molecule has 3 nitrogen and oxygen atoms in total. The van der Waals surface area contributed by atoms with Crippen molar-refractivity contribution >= 4 is 28.7 Å². The number of fused-ring (bicyclic) bond motifs is 1. The van der Waals surface area contributed by atoms with E-state index in [1.807, 2.05) is 23.7 Å². The van der Waals surface area contributed by atoms with Gasteiger partial charge in [-0.2, -0.15) is 0 Å². The summed E-state index contributed by atoms with van der Waals surface area (Å²) in [5.74, 6) is 0.856. The standard InChI is InChI=1S/C9H9Cl2N3/c1-12-5-7-13-9(11)8-6(10)3-2-4-14(7)8/h2-4,12H,5H2,1H3. The van der Waals surface area contributed by atoms with Crippen molar-refractivity contribution in [2.75, 3.05) is 7.05 Å². The van der Waals surface area contributed by atoms with Crippen molar-refractivity contribution in [1.82, 2.24) is 14.7 Å². The second-order valence-corrected chi connectivity index (χ2v) is 3.69. The molecule has 2 aromatic heterocycles. The summed E-state index contributed by atoms with van der Waals surface area (Å²) in [6.45, 7) is 0.661.